The van der Waals surface area contributed by atoms with Crippen LogP contribution in [0.3, 0.4) is 0 Å². The standard InChI is InChI=1S/C18H25NO3/c1-4-5-16-13-21-11-10-19(16)18(20)15-6-8-17(9-7-15)22-12-14(2)3/h6-9,16H,2,4-5,10-13H2,1,3H3. The van der Waals surface area contributed by atoms with E-state index in [1.165, 1.54) is 0 Å². The molecule has 1 atom stereocenters. The van der Waals surface area contributed by atoms with Crippen LogP contribution in [0.2, 0.25) is 0 Å². The number of amides is 1. The van der Waals surface area contributed by atoms with E-state index in [1.807, 2.05) is 36.1 Å². The van der Waals surface area contributed by atoms with E-state index >= 15 is 0 Å². The minimum Gasteiger partial charge on any atom is -0.489 e. The first-order valence-corrected chi connectivity index (χ1v) is 7.87. The summed E-state index contributed by atoms with van der Waals surface area (Å²) < 4.78 is 11.1. The van der Waals surface area contributed by atoms with E-state index in [0.717, 1.165) is 24.2 Å². The Morgan fingerprint density at radius 3 is 2.77 bits per heavy atom. The zero-order valence-corrected chi connectivity index (χ0v) is 13.5. The van der Waals surface area contributed by atoms with Gasteiger partial charge in [-0.2, -0.15) is 0 Å². The topological polar surface area (TPSA) is 38.8 Å². The Labute approximate surface area is 132 Å². The molecule has 0 spiro atoms. The van der Waals surface area contributed by atoms with E-state index in [4.69, 9.17) is 9.47 Å². The van der Waals surface area contributed by atoms with Crippen LogP contribution in [-0.2, 0) is 4.74 Å². The summed E-state index contributed by atoms with van der Waals surface area (Å²) >= 11 is 0. The minimum absolute atomic E-state index is 0.0770. The summed E-state index contributed by atoms with van der Waals surface area (Å²) in [6.07, 6.45) is 2.02. The Morgan fingerprint density at radius 2 is 2.14 bits per heavy atom. The first-order chi connectivity index (χ1) is 10.6. The molecule has 120 valence electrons. The number of morpholine rings is 1. The summed E-state index contributed by atoms with van der Waals surface area (Å²) in [6, 6.07) is 7.52. The number of nitrogens with zero attached hydrogens (tertiary/aromatic N) is 1. The molecular weight excluding hydrogens is 278 g/mol. The maximum atomic E-state index is 12.7. The summed E-state index contributed by atoms with van der Waals surface area (Å²) in [4.78, 5) is 14.6. The molecule has 1 saturated heterocycles. The number of benzene rings is 1. The maximum absolute atomic E-state index is 12.7. The van der Waals surface area contributed by atoms with Crippen LogP contribution in [0.5, 0.6) is 5.75 Å². The monoisotopic (exact) mass is 303 g/mol. The average molecular weight is 303 g/mol. The van der Waals surface area contributed by atoms with Crippen LogP contribution in [0.1, 0.15) is 37.0 Å². The van der Waals surface area contributed by atoms with E-state index in [1.54, 1.807) is 0 Å². The lowest BCUT2D eigenvalue weighted by atomic mass is 10.1. The van der Waals surface area contributed by atoms with Crippen molar-refractivity contribution in [2.75, 3.05) is 26.4 Å². The van der Waals surface area contributed by atoms with Crippen LogP contribution in [0.25, 0.3) is 0 Å². The summed E-state index contributed by atoms with van der Waals surface area (Å²) in [6.45, 7) is 10.3. The first-order valence-electron chi connectivity index (χ1n) is 7.87. The summed E-state index contributed by atoms with van der Waals surface area (Å²) in [5.74, 6) is 0.833. The third-order valence-corrected chi connectivity index (χ3v) is 3.70. The zero-order valence-electron chi connectivity index (χ0n) is 13.5. The highest BCUT2D eigenvalue weighted by Gasteiger charge is 2.27. The molecule has 0 aromatic heterocycles. The SMILES string of the molecule is C=C(C)COc1ccc(C(=O)N2CCOCC2CCC)cc1. The van der Waals surface area contributed by atoms with Crippen LogP contribution in [0.4, 0.5) is 0 Å². The molecule has 0 bridgehead atoms. The number of hydrogen-bond acceptors (Lipinski definition) is 3. The van der Waals surface area contributed by atoms with Crippen LogP contribution >= 0.6 is 0 Å². The van der Waals surface area contributed by atoms with Crippen molar-refractivity contribution in [2.45, 2.75) is 32.7 Å². The fourth-order valence-electron chi connectivity index (χ4n) is 2.56. The molecule has 22 heavy (non-hydrogen) atoms. The fraction of sp³-hybridized carbons (Fsp3) is 0.500. The Hall–Kier alpha value is -1.81. The Morgan fingerprint density at radius 1 is 1.41 bits per heavy atom. The Bertz CT molecular complexity index is 508. The predicted octanol–water partition coefficient (Wildman–Crippen LogP) is 3.28. The summed E-state index contributed by atoms with van der Waals surface area (Å²) in [7, 11) is 0. The van der Waals surface area contributed by atoms with Gasteiger partial charge >= 0.3 is 0 Å². The van der Waals surface area contributed by atoms with Gasteiger partial charge in [0.15, 0.2) is 0 Å². The molecule has 1 unspecified atom stereocenters. The van der Waals surface area contributed by atoms with Gasteiger partial charge in [-0.05, 0) is 43.2 Å². The third kappa shape index (κ3) is 4.34. The van der Waals surface area contributed by atoms with Crippen molar-refractivity contribution in [1.82, 2.24) is 4.90 Å². The molecule has 4 heteroatoms. The molecular formula is C18H25NO3. The van der Waals surface area contributed by atoms with Crippen molar-refractivity contribution in [3.05, 3.63) is 42.0 Å². The van der Waals surface area contributed by atoms with E-state index < -0.39 is 0 Å². The number of hydrogen-bond donors (Lipinski definition) is 0. The molecule has 0 N–H and O–H groups in total. The van der Waals surface area contributed by atoms with Gasteiger partial charge in [0.1, 0.15) is 12.4 Å². The number of rotatable bonds is 6. The Balaban J connectivity index is 2.03. The van der Waals surface area contributed by atoms with E-state index in [0.29, 0.717) is 31.9 Å². The summed E-state index contributed by atoms with van der Waals surface area (Å²) in [5, 5.41) is 0. The molecule has 4 nitrogen and oxygen atoms in total. The van der Waals surface area contributed by atoms with E-state index in [-0.39, 0.29) is 11.9 Å². The predicted molar refractivity (Wildman–Crippen MR) is 87.3 cm³/mol. The van der Waals surface area contributed by atoms with Crippen molar-refractivity contribution in [3.8, 4) is 5.75 Å². The van der Waals surface area contributed by atoms with Gasteiger partial charge in [0.25, 0.3) is 5.91 Å². The van der Waals surface area contributed by atoms with Crippen molar-refractivity contribution in [1.29, 1.82) is 0 Å². The normalized spacial score (nSPS) is 18.1. The van der Waals surface area contributed by atoms with Crippen LogP contribution in [-0.4, -0.2) is 43.2 Å². The second-order valence-electron chi connectivity index (χ2n) is 5.79. The molecule has 0 saturated carbocycles. The van der Waals surface area contributed by atoms with E-state index in [2.05, 4.69) is 13.5 Å². The van der Waals surface area contributed by atoms with Gasteiger partial charge in [-0.1, -0.05) is 19.9 Å². The van der Waals surface area contributed by atoms with Crippen LogP contribution in [0.15, 0.2) is 36.4 Å². The zero-order chi connectivity index (χ0) is 15.9. The van der Waals surface area contributed by atoms with Crippen molar-refractivity contribution in [2.24, 2.45) is 0 Å². The Kier molecular flexibility index (Phi) is 6.01. The van der Waals surface area contributed by atoms with Crippen LogP contribution in [0, 0.1) is 0 Å². The second-order valence-corrected chi connectivity index (χ2v) is 5.79. The molecule has 0 radical (unpaired) electrons. The molecule has 1 amide bonds. The third-order valence-electron chi connectivity index (χ3n) is 3.70. The average Bonchev–Trinajstić information content (AvgIpc) is 2.53. The van der Waals surface area contributed by atoms with Gasteiger partial charge in [-0.3, -0.25) is 4.79 Å². The lowest BCUT2D eigenvalue weighted by molar-refractivity contribution is -0.00433. The smallest absolute Gasteiger partial charge is 0.254 e. The molecule has 0 aliphatic carbocycles. The largest absolute Gasteiger partial charge is 0.489 e. The molecule has 2 rings (SSSR count). The van der Waals surface area contributed by atoms with Crippen molar-refractivity contribution in [3.63, 3.8) is 0 Å². The van der Waals surface area contributed by atoms with E-state index in [9.17, 15) is 4.79 Å². The quantitative estimate of drug-likeness (QED) is 0.757. The highest BCUT2D eigenvalue weighted by molar-refractivity contribution is 5.94. The highest BCUT2D eigenvalue weighted by atomic mass is 16.5. The van der Waals surface area contributed by atoms with Gasteiger partial charge < -0.3 is 14.4 Å². The highest BCUT2D eigenvalue weighted by Crippen LogP contribution is 2.19. The van der Waals surface area contributed by atoms with Crippen LogP contribution < -0.4 is 4.74 Å². The number of ether oxygens (including phenoxy) is 2. The summed E-state index contributed by atoms with van der Waals surface area (Å²) in [5.41, 5.74) is 1.67. The lowest BCUT2D eigenvalue weighted by Crippen LogP contribution is -2.48. The molecule has 1 aliphatic rings. The van der Waals surface area contributed by atoms with Gasteiger partial charge in [0, 0.05) is 12.1 Å². The van der Waals surface area contributed by atoms with Crippen molar-refractivity contribution >= 4 is 5.91 Å². The minimum atomic E-state index is 0.0770. The van der Waals surface area contributed by atoms with Crippen molar-refractivity contribution < 1.29 is 14.3 Å². The number of carbonyl (C=O) groups is 1. The number of carbonyl (C=O) groups excluding carboxylic acids is 1. The molecule has 1 aromatic carbocycles. The second kappa shape index (κ2) is 7.99. The van der Waals surface area contributed by atoms with Gasteiger partial charge in [0.05, 0.1) is 19.3 Å². The molecule has 1 aromatic rings. The molecule has 1 fully saturated rings. The van der Waals surface area contributed by atoms with Gasteiger partial charge in [0.2, 0.25) is 0 Å². The molecule has 1 heterocycles. The van der Waals surface area contributed by atoms with Gasteiger partial charge in [-0.25, -0.2) is 0 Å². The maximum Gasteiger partial charge on any atom is 0.254 e. The first kappa shape index (κ1) is 16.6. The van der Waals surface area contributed by atoms with Gasteiger partial charge in [-0.15, -0.1) is 0 Å². The molecule has 1 aliphatic heterocycles. The fourth-order valence-corrected chi connectivity index (χ4v) is 2.56. The lowest BCUT2D eigenvalue weighted by Gasteiger charge is -2.35.